The largest absolute Gasteiger partial charge is 0.383 e. The molecule has 4 aromatic rings. The molecule has 1 aliphatic heterocycles. The van der Waals surface area contributed by atoms with Gasteiger partial charge in [0.25, 0.3) is 5.91 Å². The number of piperazine rings is 1. The molecule has 1 fully saturated rings. The summed E-state index contributed by atoms with van der Waals surface area (Å²) in [6.45, 7) is 1.35. The zero-order valence-corrected chi connectivity index (χ0v) is 20.0. The molecule has 0 spiro atoms. The van der Waals surface area contributed by atoms with Gasteiger partial charge in [0.05, 0.1) is 16.5 Å². The molecule has 1 saturated heterocycles. The molecule has 5 rings (SSSR count). The van der Waals surface area contributed by atoms with Crippen molar-refractivity contribution < 1.29 is 14.3 Å². The monoisotopic (exact) mass is 495 g/mol. The van der Waals surface area contributed by atoms with Gasteiger partial charge >= 0.3 is 0 Å². The molecule has 2 aromatic carbocycles. The number of nitrogens with two attached hydrogens (primary N) is 1. The SMILES string of the molecule is COCC1C(=O)N(Cc2ccc3c(N)ncnc3c2)CCN1C(=O)c1ccc2cc(Cl)sc2c1. The number of carbonyl (C=O) groups is 2. The number of nitrogen functional groups attached to an aromatic ring is 1. The fourth-order valence-electron chi connectivity index (χ4n) is 4.30. The van der Waals surface area contributed by atoms with Crippen molar-refractivity contribution in [3.63, 3.8) is 0 Å². The summed E-state index contributed by atoms with van der Waals surface area (Å²) in [5.74, 6) is 0.0752. The van der Waals surface area contributed by atoms with E-state index in [-0.39, 0.29) is 18.4 Å². The van der Waals surface area contributed by atoms with Crippen LogP contribution in [0, 0.1) is 0 Å². The Balaban J connectivity index is 1.37. The van der Waals surface area contributed by atoms with E-state index in [0.717, 1.165) is 26.6 Å². The van der Waals surface area contributed by atoms with E-state index in [1.54, 1.807) is 15.9 Å². The molecular formula is C24H22ClN5O3S. The molecular weight excluding hydrogens is 474 g/mol. The minimum atomic E-state index is -0.702. The normalized spacial score (nSPS) is 16.5. The first-order valence-electron chi connectivity index (χ1n) is 10.7. The van der Waals surface area contributed by atoms with E-state index >= 15 is 0 Å². The van der Waals surface area contributed by atoms with Gasteiger partial charge in [0.2, 0.25) is 5.91 Å². The summed E-state index contributed by atoms with van der Waals surface area (Å²) in [6, 6.07) is 12.3. The lowest BCUT2D eigenvalue weighted by molar-refractivity contribution is -0.143. The highest BCUT2D eigenvalue weighted by Gasteiger charge is 2.37. The number of amides is 2. The van der Waals surface area contributed by atoms with Gasteiger partial charge in [0.1, 0.15) is 18.2 Å². The average Bonchev–Trinajstić information content (AvgIpc) is 3.21. The van der Waals surface area contributed by atoms with Crippen LogP contribution in [0.25, 0.3) is 21.0 Å². The van der Waals surface area contributed by atoms with Gasteiger partial charge in [-0.15, -0.1) is 11.3 Å². The third-order valence-electron chi connectivity index (χ3n) is 6.01. The molecule has 0 aliphatic carbocycles. The van der Waals surface area contributed by atoms with E-state index in [2.05, 4.69) is 9.97 Å². The molecule has 1 unspecified atom stereocenters. The van der Waals surface area contributed by atoms with Gasteiger partial charge < -0.3 is 20.3 Å². The van der Waals surface area contributed by atoms with Crippen LogP contribution in [0.1, 0.15) is 15.9 Å². The molecule has 0 bridgehead atoms. The Morgan fingerprint density at radius 1 is 1.21 bits per heavy atom. The van der Waals surface area contributed by atoms with E-state index in [4.69, 9.17) is 22.1 Å². The van der Waals surface area contributed by atoms with Crippen molar-refractivity contribution in [1.82, 2.24) is 19.8 Å². The number of anilines is 1. The maximum atomic E-state index is 13.4. The zero-order chi connectivity index (χ0) is 23.8. The van der Waals surface area contributed by atoms with Gasteiger partial charge in [-0.25, -0.2) is 9.97 Å². The van der Waals surface area contributed by atoms with E-state index in [9.17, 15) is 9.59 Å². The molecule has 1 atom stereocenters. The number of benzene rings is 2. The molecule has 2 aromatic heterocycles. The molecule has 10 heteroatoms. The number of thiophene rings is 1. The molecule has 8 nitrogen and oxygen atoms in total. The van der Waals surface area contributed by atoms with Crippen LogP contribution < -0.4 is 5.73 Å². The predicted octanol–water partition coefficient (Wildman–Crippen LogP) is 3.58. The molecule has 2 N–H and O–H groups in total. The van der Waals surface area contributed by atoms with Crippen LogP contribution in [-0.4, -0.2) is 64.4 Å². The first-order chi connectivity index (χ1) is 16.4. The van der Waals surface area contributed by atoms with Gasteiger partial charge in [0, 0.05) is 42.4 Å². The summed E-state index contributed by atoms with van der Waals surface area (Å²) < 4.78 is 6.93. The van der Waals surface area contributed by atoms with E-state index in [1.807, 2.05) is 36.4 Å². The number of hydrogen-bond donors (Lipinski definition) is 1. The molecule has 0 radical (unpaired) electrons. The van der Waals surface area contributed by atoms with Gasteiger partial charge in [0.15, 0.2) is 0 Å². The maximum absolute atomic E-state index is 13.4. The lowest BCUT2D eigenvalue weighted by Crippen LogP contribution is -2.60. The Hall–Kier alpha value is -3.27. The van der Waals surface area contributed by atoms with Gasteiger partial charge in [-0.05, 0) is 41.3 Å². The standard InChI is InChI=1S/C24H22ClN5O3S/c1-33-12-19-24(32)29(11-14-2-5-17-18(8-14)27-13-28-22(17)26)6-7-30(19)23(31)16-4-3-15-10-21(25)34-20(15)9-16/h2-5,8-10,13,19H,6-7,11-12H2,1H3,(H2,26,27,28). The van der Waals surface area contributed by atoms with Crippen molar-refractivity contribution >= 4 is 61.6 Å². The van der Waals surface area contributed by atoms with Gasteiger partial charge in [-0.1, -0.05) is 23.7 Å². The minimum absolute atomic E-state index is 0.121. The number of methoxy groups -OCH3 is 1. The second-order valence-corrected chi connectivity index (χ2v) is 9.86. The number of hydrogen-bond acceptors (Lipinski definition) is 7. The topological polar surface area (TPSA) is 102 Å². The number of rotatable bonds is 5. The Kier molecular flexibility index (Phi) is 6.07. The van der Waals surface area contributed by atoms with Crippen LogP contribution in [0.2, 0.25) is 4.34 Å². The number of carbonyl (C=O) groups excluding carboxylic acids is 2. The van der Waals surface area contributed by atoms with Crippen LogP contribution in [-0.2, 0) is 16.1 Å². The first-order valence-corrected chi connectivity index (χ1v) is 11.9. The average molecular weight is 496 g/mol. The quantitative estimate of drug-likeness (QED) is 0.454. The number of aromatic nitrogens is 2. The van der Waals surface area contributed by atoms with Gasteiger partial charge in [-0.3, -0.25) is 9.59 Å². The number of halogens is 1. The number of ether oxygens (including phenoxy) is 1. The summed E-state index contributed by atoms with van der Waals surface area (Å²) >= 11 is 7.54. The summed E-state index contributed by atoms with van der Waals surface area (Å²) in [7, 11) is 1.53. The summed E-state index contributed by atoms with van der Waals surface area (Å²) in [6.07, 6.45) is 1.42. The Morgan fingerprint density at radius 3 is 2.88 bits per heavy atom. The smallest absolute Gasteiger partial charge is 0.254 e. The second kappa shape index (κ2) is 9.17. The molecule has 174 valence electrons. The van der Waals surface area contributed by atoms with Crippen molar-refractivity contribution in [2.24, 2.45) is 0 Å². The van der Waals surface area contributed by atoms with Crippen LogP contribution in [0.3, 0.4) is 0 Å². The lowest BCUT2D eigenvalue weighted by atomic mass is 10.1. The van der Waals surface area contributed by atoms with Crippen molar-refractivity contribution in [3.05, 3.63) is 64.3 Å². The fraction of sp³-hybridized carbons (Fsp3) is 0.250. The molecule has 0 saturated carbocycles. The first kappa shape index (κ1) is 22.5. The Bertz CT molecular complexity index is 1410. The molecule has 2 amide bonds. The lowest BCUT2D eigenvalue weighted by Gasteiger charge is -2.40. The molecule has 3 heterocycles. The summed E-state index contributed by atoms with van der Waals surface area (Å²) in [5, 5.41) is 1.76. The number of nitrogens with zero attached hydrogens (tertiary/aromatic N) is 4. The van der Waals surface area contributed by atoms with E-state index < -0.39 is 6.04 Å². The second-order valence-electron chi connectivity index (χ2n) is 8.14. The van der Waals surface area contributed by atoms with E-state index in [1.165, 1.54) is 24.8 Å². The Morgan fingerprint density at radius 2 is 2.06 bits per heavy atom. The summed E-state index contributed by atoms with van der Waals surface area (Å²) in [4.78, 5) is 38.4. The highest BCUT2D eigenvalue weighted by molar-refractivity contribution is 7.22. The highest BCUT2D eigenvalue weighted by Crippen LogP contribution is 2.31. The third kappa shape index (κ3) is 4.18. The number of fused-ring (bicyclic) bond motifs is 2. The van der Waals surface area contributed by atoms with Crippen LogP contribution >= 0.6 is 22.9 Å². The van der Waals surface area contributed by atoms with Crippen molar-refractivity contribution in [3.8, 4) is 0 Å². The third-order valence-corrected chi connectivity index (χ3v) is 7.24. The van der Waals surface area contributed by atoms with E-state index in [0.29, 0.717) is 35.4 Å². The molecule has 1 aliphatic rings. The zero-order valence-electron chi connectivity index (χ0n) is 18.4. The van der Waals surface area contributed by atoms with Crippen molar-refractivity contribution in [2.75, 3.05) is 32.5 Å². The van der Waals surface area contributed by atoms with Crippen LogP contribution in [0.5, 0.6) is 0 Å². The van der Waals surface area contributed by atoms with Crippen LogP contribution in [0.4, 0.5) is 5.82 Å². The summed E-state index contributed by atoms with van der Waals surface area (Å²) in [5.41, 5.74) is 8.09. The maximum Gasteiger partial charge on any atom is 0.254 e. The Labute approximate surface area is 204 Å². The predicted molar refractivity (Wildman–Crippen MR) is 133 cm³/mol. The fourth-order valence-corrected chi connectivity index (χ4v) is 5.49. The van der Waals surface area contributed by atoms with Crippen molar-refractivity contribution in [2.45, 2.75) is 12.6 Å². The van der Waals surface area contributed by atoms with Crippen LogP contribution in [0.15, 0.2) is 48.8 Å². The van der Waals surface area contributed by atoms with Crippen molar-refractivity contribution in [1.29, 1.82) is 0 Å². The molecule has 34 heavy (non-hydrogen) atoms. The van der Waals surface area contributed by atoms with Gasteiger partial charge in [-0.2, -0.15) is 0 Å². The minimum Gasteiger partial charge on any atom is -0.383 e. The highest BCUT2D eigenvalue weighted by atomic mass is 35.5.